The number of halogens is 1. The quantitative estimate of drug-likeness (QED) is 0.571. The molecule has 0 saturated carbocycles. The van der Waals surface area contributed by atoms with E-state index in [1.165, 1.54) is 19.4 Å². The number of ether oxygens (including phenoxy) is 1. The molecule has 2 N–H and O–H groups in total. The molecule has 6 nitrogen and oxygen atoms in total. The summed E-state index contributed by atoms with van der Waals surface area (Å²) in [6, 6.07) is 9.92. The van der Waals surface area contributed by atoms with Crippen LogP contribution in [-0.4, -0.2) is 34.9 Å². The van der Waals surface area contributed by atoms with Gasteiger partial charge >= 0.3 is 154 Å². The Morgan fingerprint density at radius 3 is 2.71 bits per heavy atom. The fourth-order valence-corrected chi connectivity index (χ4v) is 3.02. The van der Waals surface area contributed by atoms with E-state index in [1.807, 2.05) is 13.8 Å². The van der Waals surface area contributed by atoms with Crippen molar-refractivity contribution in [2.24, 2.45) is 0 Å². The molecular formula is C20H16BFN4O2. The predicted molar refractivity (Wildman–Crippen MR) is 106 cm³/mol. The first-order valence-corrected chi connectivity index (χ1v) is 8.62. The third-order valence-corrected chi connectivity index (χ3v) is 4.36. The van der Waals surface area contributed by atoms with Crippen molar-refractivity contribution >= 4 is 29.7 Å². The molecule has 0 unspecified atom stereocenters. The van der Waals surface area contributed by atoms with Crippen molar-refractivity contribution < 1.29 is 13.9 Å². The number of amides is 1. The molecule has 2 aromatic carbocycles. The van der Waals surface area contributed by atoms with Gasteiger partial charge in [-0.3, -0.25) is 0 Å². The molecule has 138 valence electrons. The Morgan fingerprint density at radius 2 is 2.00 bits per heavy atom. The number of H-pyrrole nitrogens is 1. The van der Waals surface area contributed by atoms with Gasteiger partial charge in [0.05, 0.1) is 0 Å². The zero-order valence-electron chi connectivity index (χ0n) is 15.3. The summed E-state index contributed by atoms with van der Waals surface area (Å²) in [5, 5.41) is 2.71. The van der Waals surface area contributed by atoms with E-state index in [0.29, 0.717) is 33.6 Å². The van der Waals surface area contributed by atoms with Crippen LogP contribution in [-0.2, 0) is 0 Å². The summed E-state index contributed by atoms with van der Waals surface area (Å²) < 4.78 is 19.7. The van der Waals surface area contributed by atoms with Crippen LogP contribution in [0.25, 0.3) is 22.2 Å². The van der Waals surface area contributed by atoms with E-state index in [9.17, 15) is 9.18 Å². The molecule has 4 aromatic rings. The average Bonchev–Trinajstić information content (AvgIpc) is 3.14. The van der Waals surface area contributed by atoms with Gasteiger partial charge in [-0.1, -0.05) is 6.07 Å². The van der Waals surface area contributed by atoms with Crippen LogP contribution < -0.4 is 10.1 Å². The third-order valence-electron chi connectivity index (χ3n) is 4.36. The molecule has 28 heavy (non-hydrogen) atoms. The van der Waals surface area contributed by atoms with Crippen molar-refractivity contribution in [2.45, 2.75) is 6.92 Å². The van der Waals surface area contributed by atoms with Crippen molar-refractivity contribution in [3.05, 3.63) is 65.7 Å². The summed E-state index contributed by atoms with van der Waals surface area (Å²) in [6.45, 7) is 3.67. The Bertz CT molecular complexity index is 1190. The summed E-state index contributed by atoms with van der Waals surface area (Å²) in [7, 11) is 1.52. The SMILES string of the molecule is COc1ccc(-c2ccccc2F)c2ncc(NC(=O)c3cbc(C)[nH]3)nc12. The molecule has 0 saturated heterocycles. The summed E-state index contributed by atoms with van der Waals surface area (Å²) in [4.78, 5) is 24.2. The van der Waals surface area contributed by atoms with Crippen LogP contribution in [0.3, 0.4) is 0 Å². The molecule has 0 spiro atoms. The van der Waals surface area contributed by atoms with Crippen LogP contribution in [0, 0.1) is 12.7 Å². The summed E-state index contributed by atoms with van der Waals surface area (Å²) in [5.41, 5.74) is 3.24. The number of aromatic amines is 1. The Balaban J connectivity index is 1.78. The molecule has 0 atom stereocenters. The molecule has 8 heteroatoms. The van der Waals surface area contributed by atoms with Gasteiger partial charge in [0, 0.05) is 0 Å². The number of nitrogens with zero attached hydrogens (tertiary/aromatic N) is 2. The molecule has 4 rings (SSSR count). The molecule has 0 aliphatic heterocycles. The van der Waals surface area contributed by atoms with Gasteiger partial charge in [-0.05, 0) is 0 Å². The molecule has 0 fully saturated rings. The summed E-state index contributed by atoms with van der Waals surface area (Å²) in [6.07, 6.45) is 1.44. The molecule has 0 aliphatic carbocycles. The van der Waals surface area contributed by atoms with Gasteiger partial charge in [0.15, 0.2) is 0 Å². The topological polar surface area (TPSA) is 79.9 Å². The number of hydrogen-bond donors (Lipinski definition) is 2. The molecule has 1 amide bonds. The van der Waals surface area contributed by atoms with Crippen LogP contribution in [0.1, 0.15) is 16.1 Å². The molecule has 0 bridgehead atoms. The predicted octanol–water partition coefficient (Wildman–Crippen LogP) is 3.67. The van der Waals surface area contributed by atoms with Gasteiger partial charge in [0.2, 0.25) is 0 Å². The Labute approximate surface area is 161 Å². The van der Waals surface area contributed by atoms with Gasteiger partial charge in [-0.2, -0.15) is 0 Å². The number of carbonyl (C=O) groups is 1. The summed E-state index contributed by atoms with van der Waals surface area (Å²) in [5.74, 6) is 1.76. The van der Waals surface area contributed by atoms with Crippen LogP contribution in [0.4, 0.5) is 10.2 Å². The van der Waals surface area contributed by atoms with Gasteiger partial charge in [-0.25, -0.2) is 0 Å². The van der Waals surface area contributed by atoms with E-state index in [-0.39, 0.29) is 17.5 Å². The van der Waals surface area contributed by atoms with E-state index in [2.05, 4.69) is 20.3 Å². The number of hydrogen-bond acceptors (Lipinski definition) is 4. The van der Waals surface area contributed by atoms with Gasteiger partial charge in [0.1, 0.15) is 0 Å². The van der Waals surface area contributed by atoms with E-state index in [0.717, 1.165) is 5.59 Å². The van der Waals surface area contributed by atoms with Crippen molar-refractivity contribution in [1.29, 1.82) is 0 Å². The Hall–Kier alpha value is -3.55. The number of benzene rings is 2. The fourth-order valence-electron chi connectivity index (χ4n) is 3.02. The first-order valence-electron chi connectivity index (χ1n) is 8.62. The maximum absolute atomic E-state index is 14.3. The fraction of sp³-hybridized carbons (Fsp3) is 0.100. The van der Waals surface area contributed by atoms with Gasteiger partial charge in [-0.15, -0.1) is 0 Å². The van der Waals surface area contributed by atoms with Gasteiger partial charge < -0.3 is 0 Å². The molecule has 0 radical (unpaired) electrons. The standard InChI is InChI=1S/C20H16BFN4O2/c1-11-21-9-15(24-11)20(27)26-17-10-23-18-13(12-5-3-4-6-14(12)22)7-8-16(28-2)19(18)25-17/h3-10,24H,1-2H3,(H,25,26,27). The second kappa shape index (κ2) is 7.23. The van der Waals surface area contributed by atoms with Crippen molar-refractivity contribution in [1.82, 2.24) is 15.0 Å². The number of anilines is 1. The second-order valence-electron chi connectivity index (χ2n) is 6.26. The van der Waals surface area contributed by atoms with E-state index < -0.39 is 0 Å². The van der Waals surface area contributed by atoms with Crippen LogP contribution >= 0.6 is 0 Å². The van der Waals surface area contributed by atoms with Crippen LogP contribution in [0.2, 0.25) is 0 Å². The van der Waals surface area contributed by atoms with E-state index in [1.54, 1.807) is 36.3 Å². The molecule has 0 aliphatic rings. The zero-order valence-corrected chi connectivity index (χ0v) is 15.3. The second-order valence-corrected chi connectivity index (χ2v) is 6.26. The number of carbonyl (C=O) groups excluding carboxylic acids is 1. The number of aromatic nitrogens is 3. The van der Waals surface area contributed by atoms with Crippen molar-refractivity contribution in [3.63, 3.8) is 0 Å². The van der Waals surface area contributed by atoms with E-state index >= 15 is 0 Å². The number of rotatable bonds is 4. The maximum atomic E-state index is 14.3. The minimum absolute atomic E-state index is 0.272. The monoisotopic (exact) mass is 374 g/mol. The molecule has 2 aromatic heterocycles. The number of fused-ring (bicyclic) bond motifs is 1. The normalized spacial score (nSPS) is 10.7. The third kappa shape index (κ3) is 3.24. The van der Waals surface area contributed by atoms with E-state index in [4.69, 9.17) is 4.74 Å². The van der Waals surface area contributed by atoms with Crippen LogP contribution in [0.5, 0.6) is 5.75 Å². The Morgan fingerprint density at radius 1 is 1.18 bits per heavy atom. The molecular weight excluding hydrogens is 358 g/mol. The number of methoxy groups -OCH3 is 1. The molecule has 2 heterocycles. The van der Waals surface area contributed by atoms with Gasteiger partial charge in [0.25, 0.3) is 0 Å². The minimum atomic E-state index is -0.352. The number of aryl methyl sites for hydroxylation is 1. The van der Waals surface area contributed by atoms with Crippen LogP contribution in [0.15, 0.2) is 48.6 Å². The first kappa shape index (κ1) is 17.8. The number of nitrogens with one attached hydrogen (secondary N) is 2. The van der Waals surface area contributed by atoms with Crippen molar-refractivity contribution in [2.75, 3.05) is 12.4 Å². The summed E-state index contributed by atoms with van der Waals surface area (Å²) >= 11 is 0. The average molecular weight is 374 g/mol. The first-order chi connectivity index (χ1) is 13.6. The van der Waals surface area contributed by atoms with Crippen molar-refractivity contribution in [3.8, 4) is 16.9 Å². The zero-order chi connectivity index (χ0) is 19.7. The Kier molecular flexibility index (Phi) is 4.61.